The van der Waals surface area contributed by atoms with Gasteiger partial charge < -0.3 is 0 Å². The maximum absolute atomic E-state index is 2.38. The van der Waals surface area contributed by atoms with E-state index < -0.39 is 0 Å². The third-order valence-corrected chi connectivity index (χ3v) is 4.11. The van der Waals surface area contributed by atoms with Crippen LogP contribution in [-0.2, 0) is 0 Å². The van der Waals surface area contributed by atoms with Gasteiger partial charge in [-0.3, -0.25) is 0 Å². The molecular weight excluding hydrogens is 190 g/mol. The zero-order chi connectivity index (χ0) is 10.1. The highest BCUT2D eigenvalue weighted by atomic mass is 32.2. The van der Waals surface area contributed by atoms with Crippen molar-refractivity contribution in [3.05, 3.63) is 35.9 Å². The number of thioether (sulfide) groups is 1. The second-order valence-corrected chi connectivity index (χ2v) is 5.38. The SMILES string of the molecule is CC1=[N+](C)[C@H](c2ccccc2)[C@H](C)S1. The number of benzene rings is 1. The Bertz CT molecular complexity index is 356. The molecule has 2 heteroatoms. The van der Waals surface area contributed by atoms with E-state index in [9.17, 15) is 0 Å². The molecule has 0 N–H and O–H groups in total. The molecule has 0 radical (unpaired) electrons. The highest BCUT2D eigenvalue weighted by molar-refractivity contribution is 8.14. The van der Waals surface area contributed by atoms with Gasteiger partial charge in [-0.05, 0) is 6.92 Å². The lowest BCUT2D eigenvalue weighted by Gasteiger charge is -2.11. The van der Waals surface area contributed by atoms with Crippen LogP contribution in [0.15, 0.2) is 30.3 Å². The maximum atomic E-state index is 2.38. The molecule has 2 atom stereocenters. The minimum absolute atomic E-state index is 0.543. The van der Waals surface area contributed by atoms with Crippen LogP contribution < -0.4 is 0 Å². The summed E-state index contributed by atoms with van der Waals surface area (Å²) in [6.07, 6.45) is 0. The van der Waals surface area contributed by atoms with Crippen molar-refractivity contribution >= 4 is 16.8 Å². The smallest absolute Gasteiger partial charge is 0.208 e. The average Bonchev–Trinajstić information content (AvgIpc) is 2.43. The minimum atomic E-state index is 0.543. The molecule has 0 unspecified atom stereocenters. The van der Waals surface area contributed by atoms with Gasteiger partial charge in [0, 0.05) is 12.5 Å². The number of nitrogens with zero attached hydrogens (tertiary/aromatic N) is 1. The van der Waals surface area contributed by atoms with E-state index in [1.807, 2.05) is 11.8 Å². The van der Waals surface area contributed by atoms with Gasteiger partial charge in [-0.1, -0.05) is 42.1 Å². The normalized spacial score (nSPS) is 27.1. The van der Waals surface area contributed by atoms with E-state index in [0.29, 0.717) is 11.3 Å². The topological polar surface area (TPSA) is 3.01 Å². The Kier molecular flexibility index (Phi) is 2.64. The molecule has 2 rings (SSSR count). The van der Waals surface area contributed by atoms with Gasteiger partial charge in [-0.15, -0.1) is 0 Å². The van der Waals surface area contributed by atoms with Crippen LogP contribution in [0.2, 0.25) is 0 Å². The average molecular weight is 206 g/mol. The van der Waals surface area contributed by atoms with E-state index in [1.165, 1.54) is 10.6 Å². The summed E-state index contributed by atoms with van der Waals surface area (Å²) in [5.41, 5.74) is 1.42. The fourth-order valence-electron chi connectivity index (χ4n) is 2.07. The Labute approximate surface area is 89.8 Å². The molecule has 1 aliphatic rings. The summed E-state index contributed by atoms with van der Waals surface area (Å²) in [5.74, 6) is 0. The van der Waals surface area contributed by atoms with Gasteiger partial charge in [0.2, 0.25) is 5.04 Å². The van der Waals surface area contributed by atoms with Crippen LogP contribution in [0.5, 0.6) is 0 Å². The van der Waals surface area contributed by atoms with Crippen molar-refractivity contribution in [3.8, 4) is 0 Å². The monoisotopic (exact) mass is 206 g/mol. The predicted octanol–water partition coefficient (Wildman–Crippen LogP) is 2.92. The lowest BCUT2D eigenvalue weighted by molar-refractivity contribution is -0.537. The molecule has 14 heavy (non-hydrogen) atoms. The van der Waals surface area contributed by atoms with Crippen LogP contribution in [-0.4, -0.2) is 21.9 Å². The minimum Gasteiger partial charge on any atom is -0.223 e. The first-order valence-electron chi connectivity index (χ1n) is 4.98. The third-order valence-electron chi connectivity index (χ3n) is 2.86. The number of rotatable bonds is 1. The second kappa shape index (κ2) is 3.77. The Morgan fingerprint density at radius 1 is 1.21 bits per heavy atom. The molecule has 0 amide bonds. The van der Waals surface area contributed by atoms with Crippen LogP contribution in [0.25, 0.3) is 0 Å². The molecule has 0 aliphatic carbocycles. The molecule has 0 saturated heterocycles. The summed E-state index contributed by atoms with van der Waals surface area (Å²) in [5, 5.41) is 2.08. The third kappa shape index (κ3) is 1.59. The fraction of sp³-hybridized carbons (Fsp3) is 0.417. The van der Waals surface area contributed by atoms with Crippen LogP contribution in [0.1, 0.15) is 25.5 Å². The molecule has 1 nitrogen and oxygen atoms in total. The summed E-state index contributed by atoms with van der Waals surface area (Å²) in [6.45, 7) is 4.50. The number of hydrogen-bond donors (Lipinski definition) is 0. The van der Waals surface area contributed by atoms with Crippen molar-refractivity contribution in [1.82, 2.24) is 0 Å². The highest BCUT2D eigenvalue weighted by Gasteiger charge is 2.36. The first kappa shape index (κ1) is 9.78. The van der Waals surface area contributed by atoms with Crippen LogP contribution in [0.4, 0.5) is 0 Å². The molecule has 0 spiro atoms. The summed E-state index contributed by atoms with van der Waals surface area (Å²) in [4.78, 5) is 0. The van der Waals surface area contributed by atoms with Crippen molar-refractivity contribution in [3.63, 3.8) is 0 Å². The van der Waals surface area contributed by atoms with Crippen LogP contribution in [0, 0.1) is 0 Å². The Morgan fingerprint density at radius 3 is 2.36 bits per heavy atom. The lowest BCUT2D eigenvalue weighted by Crippen LogP contribution is -2.17. The highest BCUT2D eigenvalue weighted by Crippen LogP contribution is 2.35. The summed E-state index contributed by atoms with van der Waals surface area (Å²) in [6, 6.07) is 11.3. The summed E-state index contributed by atoms with van der Waals surface area (Å²) >= 11 is 1.97. The summed E-state index contributed by atoms with van der Waals surface area (Å²) in [7, 11) is 2.18. The van der Waals surface area contributed by atoms with Crippen molar-refractivity contribution in [2.45, 2.75) is 25.1 Å². The second-order valence-electron chi connectivity index (χ2n) is 3.81. The molecule has 1 aromatic carbocycles. The quantitative estimate of drug-likeness (QED) is 0.638. The lowest BCUT2D eigenvalue weighted by atomic mass is 10.0. The van der Waals surface area contributed by atoms with E-state index in [0.717, 1.165) is 0 Å². The van der Waals surface area contributed by atoms with E-state index in [4.69, 9.17) is 0 Å². The molecule has 1 aromatic rings. The van der Waals surface area contributed by atoms with Gasteiger partial charge in [0.05, 0.1) is 5.25 Å². The van der Waals surface area contributed by atoms with Crippen LogP contribution >= 0.6 is 11.8 Å². The molecule has 1 aliphatic heterocycles. The molecular formula is C12H16NS+. The number of hydrogen-bond acceptors (Lipinski definition) is 1. The first-order chi connectivity index (χ1) is 6.70. The molecule has 1 heterocycles. The largest absolute Gasteiger partial charge is 0.223 e. The van der Waals surface area contributed by atoms with Gasteiger partial charge in [0.1, 0.15) is 7.05 Å². The van der Waals surface area contributed by atoms with Crippen molar-refractivity contribution in [2.24, 2.45) is 0 Å². The van der Waals surface area contributed by atoms with Gasteiger partial charge >= 0.3 is 0 Å². The predicted molar refractivity (Wildman–Crippen MR) is 63.1 cm³/mol. The van der Waals surface area contributed by atoms with Gasteiger partial charge in [0.25, 0.3) is 0 Å². The Balaban J connectivity index is 2.36. The molecule has 74 valence electrons. The van der Waals surface area contributed by atoms with Crippen molar-refractivity contribution in [1.29, 1.82) is 0 Å². The first-order valence-corrected chi connectivity index (χ1v) is 5.86. The zero-order valence-electron chi connectivity index (χ0n) is 8.90. The van der Waals surface area contributed by atoms with Gasteiger partial charge in [-0.2, -0.15) is 0 Å². The van der Waals surface area contributed by atoms with Gasteiger partial charge in [0.15, 0.2) is 6.04 Å². The Morgan fingerprint density at radius 2 is 1.86 bits per heavy atom. The molecule has 0 bridgehead atoms. The molecule has 0 aromatic heterocycles. The van der Waals surface area contributed by atoms with Gasteiger partial charge in [-0.25, -0.2) is 4.58 Å². The fourth-order valence-corrected chi connectivity index (χ4v) is 3.36. The van der Waals surface area contributed by atoms with Crippen molar-refractivity contribution in [2.75, 3.05) is 7.05 Å². The zero-order valence-corrected chi connectivity index (χ0v) is 9.71. The molecule has 0 fully saturated rings. The van der Waals surface area contributed by atoms with E-state index in [-0.39, 0.29) is 0 Å². The molecule has 0 saturated carbocycles. The van der Waals surface area contributed by atoms with E-state index >= 15 is 0 Å². The van der Waals surface area contributed by atoms with Crippen molar-refractivity contribution < 1.29 is 4.58 Å². The summed E-state index contributed by atoms with van der Waals surface area (Å²) < 4.78 is 2.38. The Hall–Kier alpha value is -0.760. The van der Waals surface area contributed by atoms with Crippen LogP contribution in [0.3, 0.4) is 0 Å². The van der Waals surface area contributed by atoms with E-state index in [2.05, 4.69) is 55.8 Å². The standard InChI is InChI=1S/C12H16NS/c1-9-12(13(3)10(2)14-9)11-7-5-4-6-8-11/h4-9,12H,1-3H3/q+1/t9-,12-/m0/s1. The maximum Gasteiger partial charge on any atom is 0.208 e. The van der Waals surface area contributed by atoms with E-state index in [1.54, 1.807) is 0 Å².